The molecule has 0 aliphatic heterocycles. The van der Waals surface area contributed by atoms with E-state index in [1.165, 1.54) is 25.5 Å². The smallest absolute Gasteiger partial charge is 0.326 e. The number of carbonyl (C=O) groups excluding carboxylic acids is 1. The molecule has 1 aliphatic carbocycles. The van der Waals surface area contributed by atoms with Crippen molar-refractivity contribution < 1.29 is 18.0 Å². The van der Waals surface area contributed by atoms with E-state index >= 15 is 0 Å². The SMILES string of the molecule is CC(=O)Nc1ccc(C(F)(F)F)c(Br)c1.CN[C@H]1CCCCc2cc(=O)[nH]nc21. The predicted molar refractivity (Wildman–Crippen MR) is 108 cm³/mol. The Bertz CT molecular complexity index is 915. The fourth-order valence-electron chi connectivity index (χ4n) is 3.06. The van der Waals surface area contributed by atoms with Crippen molar-refractivity contribution in [2.75, 3.05) is 12.4 Å². The average Bonchev–Trinajstić information content (AvgIpc) is 2.82. The summed E-state index contributed by atoms with van der Waals surface area (Å²) in [6.45, 7) is 1.28. The highest BCUT2D eigenvalue weighted by Gasteiger charge is 2.32. The first-order valence-corrected chi connectivity index (χ1v) is 9.81. The van der Waals surface area contributed by atoms with Crippen LogP contribution in [0.2, 0.25) is 0 Å². The molecular weight excluding hydrogens is 453 g/mol. The molecule has 158 valence electrons. The molecule has 0 saturated heterocycles. The summed E-state index contributed by atoms with van der Waals surface area (Å²) >= 11 is 2.80. The summed E-state index contributed by atoms with van der Waals surface area (Å²) in [4.78, 5) is 21.8. The number of nitrogens with one attached hydrogen (secondary N) is 3. The number of hydrogen-bond donors (Lipinski definition) is 3. The van der Waals surface area contributed by atoms with Crippen LogP contribution >= 0.6 is 15.9 Å². The summed E-state index contributed by atoms with van der Waals surface area (Å²) in [7, 11) is 1.94. The van der Waals surface area contributed by atoms with Crippen LogP contribution in [0, 0.1) is 0 Å². The Morgan fingerprint density at radius 1 is 1.28 bits per heavy atom. The number of benzene rings is 1. The minimum atomic E-state index is -4.40. The number of fused-ring (bicyclic) bond motifs is 1. The van der Waals surface area contributed by atoms with Crippen molar-refractivity contribution in [2.24, 2.45) is 0 Å². The standard InChI is InChI=1S/C10H15N3O.C9H7BrF3NO/c1-11-8-5-3-2-4-7-6-9(14)12-13-10(7)8;1-5(15)14-6-2-3-7(8(10)4-6)9(11,12)13/h6,8,11H,2-5H2,1H3,(H,12,14);2-4H,1H3,(H,14,15)/t8-;/m0./s1. The number of amides is 1. The summed E-state index contributed by atoms with van der Waals surface area (Å²) in [6, 6.07) is 5.30. The van der Waals surface area contributed by atoms with E-state index in [2.05, 4.69) is 36.8 Å². The summed E-state index contributed by atoms with van der Waals surface area (Å²) < 4.78 is 36.9. The van der Waals surface area contributed by atoms with Crippen molar-refractivity contribution in [1.29, 1.82) is 0 Å². The van der Waals surface area contributed by atoms with Gasteiger partial charge in [0.2, 0.25) is 5.91 Å². The van der Waals surface area contributed by atoms with Crippen molar-refractivity contribution in [3.05, 3.63) is 55.9 Å². The molecule has 10 heteroatoms. The molecule has 1 atom stereocenters. The third-order valence-electron chi connectivity index (χ3n) is 4.38. The zero-order valence-corrected chi connectivity index (χ0v) is 17.6. The second kappa shape index (κ2) is 10.0. The molecule has 0 radical (unpaired) electrons. The monoisotopic (exact) mass is 474 g/mol. The number of halogens is 4. The van der Waals surface area contributed by atoms with Crippen molar-refractivity contribution in [3.63, 3.8) is 0 Å². The Kier molecular flexibility index (Phi) is 7.97. The van der Waals surface area contributed by atoms with E-state index in [9.17, 15) is 22.8 Å². The van der Waals surface area contributed by atoms with Crippen LogP contribution in [0.25, 0.3) is 0 Å². The van der Waals surface area contributed by atoms with Crippen LogP contribution in [0.4, 0.5) is 18.9 Å². The van der Waals surface area contributed by atoms with E-state index in [1.807, 2.05) is 7.05 Å². The third kappa shape index (κ3) is 6.67. The van der Waals surface area contributed by atoms with Crippen LogP contribution in [0.1, 0.15) is 49.0 Å². The van der Waals surface area contributed by atoms with Crippen molar-refractivity contribution in [3.8, 4) is 0 Å². The lowest BCUT2D eigenvalue weighted by atomic mass is 10.1. The maximum absolute atomic E-state index is 12.3. The number of anilines is 1. The molecule has 0 fully saturated rings. The maximum atomic E-state index is 12.3. The molecule has 1 heterocycles. The van der Waals surface area contributed by atoms with Crippen LogP contribution in [-0.4, -0.2) is 23.2 Å². The summed E-state index contributed by atoms with van der Waals surface area (Å²) in [5.41, 5.74) is 1.58. The van der Waals surface area contributed by atoms with Gasteiger partial charge in [0.15, 0.2) is 0 Å². The Balaban J connectivity index is 0.000000207. The van der Waals surface area contributed by atoms with Crippen molar-refractivity contribution in [2.45, 2.75) is 44.8 Å². The Hall–Kier alpha value is -2.20. The highest BCUT2D eigenvalue weighted by atomic mass is 79.9. The van der Waals surface area contributed by atoms with E-state index in [4.69, 9.17) is 0 Å². The molecule has 0 saturated carbocycles. The predicted octanol–water partition coefficient (Wildman–Crippen LogP) is 4.18. The fourth-order valence-corrected chi connectivity index (χ4v) is 3.66. The number of aromatic nitrogens is 2. The molecule has 29 heavy (non-hydrogen) atoms. The van der Waals surface area contributed by atoms with E-state index in [0.717, 1.165) is 36.6 Å². The molecule has 1 aliphatic rings. The summed E-state index contributed by atoms with van der Waals surface area (Å²) in [5, 5.41) is 12.3. The Labute approximate surface area is 174 Å². The quantitative estimate of drug-likeness (QED) is 0.569. The zero-order chi connectivity index (χ0) is 21.6. The normalized spacial score (nSPS) is 16.1. The molecule has 1 amide bonds. The highest BCUT2D eigenvalue weighted by molar-refractivity contribution is 9.10. The van der Waals surface area contributed by atoms with Gasteiger partial charge in [0.05, 0.1) is 17.3 Å². The lowest BCUT2D eigenvalue weighted by molar-refractivity contribution is -0.138. The highest BCUT2D eigenvalue weighted by Crippen LogP contribution is 2.36. The molecule has 3 N–H and O–H groups in total. The number of carbonyl (C=O) groups is 1. The maximum Gasteiger partial charge on any atom is 0.417 e. The van der Waals surface area contributed by atoms with Gasteiger partial charge in [-0.1, -0.05) is 22.4 Å². The summed E-state index contributed by atoms with van der Waals surface area (Å²) in [5.74, 6) is -0.332. The van der Waals surface area contributed by atoms with E-state index in [0.29, 0.717) is 11.7 Å². The van der Waals surface area contributed by atoms with Gasteiger partial charge < -0.3 is 10.6 Å². The van der Waals surface area contributed by atoms with Gasteiger partial charge in [0.1, 0.15) is 0 Å². The van der Waals surface area contributed by atoms with Crippen molar-refractivity contribution in [1.82, 2.24) is 15.5 Å². The largest absolute Gasteiger partial charge is 0.417 e. The first-order valence-electron chi connectivity index (χ1n) is 9.02. The number of nitrogens with zero attached hydrogens (tertiary/aromatic N) is 1. The van der Waals surface area contributed by atoms with Crippen LogP contribution in [0.3, 0.4) is 0 Å². The second-order valence-electron chi connectivity index (χ2n) is 6.60. The van der Waals surface area contributed by atoms with Crippen molar-refractivity contribution >= 4 is 27.5 Å². The number of aryl methyl sites for hydroxylation is 1. The van der Waals surface area contributed by atoms with E-state index in [1.54, 1.807) is 6.07 Å². The first-order chi connectivity index (χ1) is 13.6. The molecule has 0 unspecified atom stereocenters. The molecule has 1 aromatic heterocycles. The third-order valence-corrected chi connectivity index (χ3v) is 5.04. The minimum Gasteiger partial charge on any atom is -0.326 e. The molecule has 1 aromatic carbocycles. The van der Waals surface area contributed by atoms with Gasteiger partial charge in [-0.2, -0.15) is 18.3 Å². The molecule has 3 rings (SSSR count). The van der Waals surface area contributed by atoms with Crippen LogP contribution in [-0.2, 0) is 17.4 Å². The van der Waals surface area contributed by atoms with Gasteiger partial charge in [0.25, 0.3) is 5.56 Å². The number of aromatic amines is 1. The van der Waals surface area contributed by atoms with E-state index < -0.39 is 11.7 Å². The molecule has 0 bridgehead atoms. The first kappa shape index (κ1) is 23.1. The zero-order valence-electron chi connectivity index (χ0n) is 16.0. The van der Waals surface area contributed by atoms with Gasteiger partial charge in [-0.15, -0.1) is 0 Å². The lowest BCUT2D eigenvalue weighted by Gasteiger charge is -2.14. The topological polar surface area (TPSA) is 86.9 Å². The van der Waals surface area contributed by atoms with Crippen LogP contribution in [0.5, 0.6) is 0 Å². The van der Waals surface area contributed by atoms with Gasteiger partial charge in [-0.25, -0.2) is 5.10 Å². The minimum absolute atomic E-state index is 0.0961. The second-order valence-corrected chi connectivity index (χ2v) is 7.46. The molecular formula is C19H22BrF3N4O2. The van der Waals surface area contributed by atoms with Crippen LogP contribution in [0.15, 0.2) is 33.5 Å². The lowest BCUT2D eigenvalue weighted by Crippen LogP contribution is -2.21. The van der Waals surface area contributed by atoms with E-state index in [-0.39, 0.29) is 15.9 Å². The Morgan fingerprint density at radius 3 is 2.59 bits per heavy atom. The number of rotatable bonds is 2. The molecule has 6 nitrogen and oxygen atoms in total. The fraction of sp³-hybridized carbons (Fsp3) is 0.421. The summed E-state index contributed by atoms with van der Waals surface area (Å²) in [6.07, 6.45) is 0.0208. The van der Waals surface area contributed by atoms with Gasteiger partial charge >= 0.3 is 6.18 Å². The Morgan fingerprint density at radius 2 is 2.00 bits per heavy atom. The van der Waals surface area contributed by atoms with Gasteiger partial charge in [-0.3, -0.25) is 9.59 Å². The van der Waals surface area contributed by atoms with Gasteiger partial charge in [0, 0.05) is 23.2 Å². The number of H-pyrrole nitrogens is 1. The number of alkyl halides is 3. The molecule has 2 aromatic rings. The molecule has 0 spiro atoms. The van der Waals surface area contributed by atoms with Gasteiger partial charge in [-0.05, 0) is 50.1 Å². The number of hydrogen-bond acceptors (Lipinski definition) is 4. The van der Waals surface area contributed by atoms with Crippen LogP contribution < -0.4 is 16.2 Å². The average molecular weight is 475 g/mol.